The largest absolute Gasteiger partial charge is 0.493 e. The highest BCUT2D eigenvalue weighted by atomic mass is 16.5. The summed E-state index contributed by atoms with van der Waals surface area (Å²) in [6, 6.07) is 16.5. The Bertz CT molecular complexity index is 534. The Morgan fingerprint density at radius 3 is 2.63 bits per heavy atom. The normalized spacial score (nSPS) is 12.2. The van der Waals surface area contributed by atoms with E-state index >= 15 is 0 Å². The molecule has 19 heavy (non-hydrogen) atoms. The van der Waals surface area contributed by atoms with Crippen molar-refractivity contribution in [3.8, 4) is 16.9 Å². The van der Waals surface area contributed by atoms with E-state index in [4.69, 9.17) is 10.5 Å². The molecule has 0 saturated carbocycles. The molecule has 100 valence electrons. The molecule has 2 aromatic rings. The fourth-order valence-electron chi connectivity index (χ4n) is 2.03. The van der Waals surface area contributed by atoms with Crippen LogP contribution in [-0.2, 0) is 0 Å². The van der Waals surface area contributed by atoms with Crippen molar-refractivity contribution in [1.29, 1.82) is 0 Å². The number of benzene rings is 2. The van der Waals surface area contributed by atoms with Crippen molar-refractivity contribution in [2.45, 2.75) is 26.3 Å². The molecular formula is C17H21NO. The van der Waals surface area contributed by atoms with Crippen LogP contribution in [0.3, 0.4) is 0 Å². The molecule has 0 aliphatic rings. The van der Waals surface area contributed by atoms with Gasteiger partial charge in [-0.1, -0.05) is 43.3 Å². The van der Waals surface area contributed by atoms with Crippen LogP contribution in [-0.4, -0.2) is 6.61 Å². The third kappa shape index (κ3) is 3.36. The summed E-state index contributed by atoms with van der Waals surface area (Å²) >= 11 is 0. The van der Waals surface area contributed by atoms with Gasteiger partial charge in [-0.05, 0) is 36.6 Å². The zero-order valence-corrected chi connectivity index (χ0v) is 11.6. The van der Waals surface area contributed by atoms with E-state index < -0.39 is 0 Å². The van der Waals surface area contributed by atoms with Crippen LogP contribution in [0.4, 0.5) is 0 Å². The molecule has 0 spiro atoms. The molecule has 0 aromatic heterocycles. The third-order valence-corrected chi connectivity index (χ3v) is 3.07. The monoisotopic (exact) mass is 255 g/mol. The Morgan fingerprint density at radius 2 is 1.89 bits per heavy atom. The molecular weight excluding hydrogens is 234 g/mol. The molecule has 1 atom stereocenters. The van der Waals surface area contributed by atoms with Gasteiger partial charge in [0.2, 0.25) is 0 Å². The molecule has 1 unspecified atom stereocenters. The number of hydrogen-bond acceptors (Lipinski definition) is 2. The third-order valence-electron chi connectivity index (χ3n) is 3.07. The van der Waals surface area contributed by atoms with Crippen LogP contribution in [0.1, 0.15) is 31.9 Å². The Balaban J connectivity index is 2.38. The summed E-state index contributed by atoms with van der Waals surface area (Å²) in [6.07, 6.45) is 1.01. The van der Waals surface area contributed by atoms with Crippen molar-refractivity contribution in [2.24, 2.45) is 5.73 Å². The second-order valence-electron chi connectivity index (χ2n) is 4.76. The topological polar surface area (TPSA) is 35.2 Å². The van der Waals surface area contributed by atoms with E-state index in [9.17, 15) is 0 Å². The van der Waals surface area contributed by atoms with Crippen LogP contribution in [0, 0.1) is 0 Å². The smallest absolute Gasteiger partial charge is 0.127 e. The predicted octanol–water partition coefficient (Wildman–Crippen LogP) is 4.16. The lowest BCUT2D eigenvalue weighted by atomic mass is 10.00. The maximum absolute atomic E-state index is 5.95. The van der Waals surface area contributed by atoms with Gasteiger partial charge in [0.15, 0.2) is 0 Å². The molecule has 0 saturated heterocycles. The van der Waals surface area contributed by atoms with Gasteiger partial charge < -0.3 is 10.5 Å². The second-order valence-corrected chi connectivity index (χ2v) is 4.76. The van der Waals surface area contributed by atoms with E-state index in [-0.39, 0.29) is 6.04 Å². The zero-order valence-electron chi connectivity index (χ0n) is 11.6. The lowest BCUT2D eigenvalue weighted by molar-refractivity contribution is 0.318. The first-order chi connectivity index (χ1) is 9.22. The average molecular weight is 255 g/mol. The SMILES string of the molecule is CCCOc1ccccc1-c1cccc(C(C)N)c1. The highest BCUT2D eigenvalue weighted by Crippen LogP contribution is 2.31. The molecule has 2 N–H and O–H groups in total. The molecule has 0 radical (unpaired) electrons. The van der Waals surface area contributed by atoms with Crippen molar-refractivity contribution >= 4 is 0 Å². The van der Waals surface area contributed by atoms with Gasteiger partial charge in [0.1, 0.15) is 5.75 Å². The number of rotatable bonds is 5. The van der Waals surface area contributed by atoms with Crippen LogP contribution < -0.4 is 10.5 Å². The van der Waals surface area contributed by atoms with Gasteiger partial charge in [-0.15, -0.1) is 0 Å². The van der Waals surface area contributed by atoms with E-state index in [0.29, 0.717) is 0 Å². The van der Waals surface area contributed by atoms with Crippen LogP contribution >= 0.6 is 0 Å². The minimum absolute atomic E-state index is 0.0451. The summed E-state index contributed by atoms with van der Waals surface area (Å²) in [4.78, 5) is 0. The first-order valence-electron chi connectivity index (χ1n) is 6.80. The Labute approximate surface area is 115 Å². The fourth-order valence-corrected chi connectivity index (χ4v) is 2.03. The number of nitrogens with two attached hydrogens (primary N) is 1. The number of para-hydroxylation sites is 1. The second kappa shape index (κ2) is 6.39. The lowest BCUT2D eigenvalue weighted by Gasteiger charge is -2.13. The molecule has 0 heterocycles. The van der Waals surface area contributed by atoms with Crippen molar-refractivity contribution < 1.29 is 4.74 Å². The van der Waals surface area contributed by atoms with Crippen LogP contribution in [0.5, 0.6) is 5.75 Å². The van der Waals surface area contributed by atoms with Gasteiger partial charge in [0.25, 0.3) is 0 Å². The van der Waals surface area contributed by atoms with Gasteiger partial charge in [0, 0.05) is 11.6 Å². The first-order valence-corrected chi connectivity index (χ1v) is 6.80. The first kappa shape index (κ1) is 13.6. The minimum Gasteiger partial charge on any atom is -0.493 e. The van der Waals surface area contributed by atoms with Crippen molar-refractivity contribution in [2.75, 3.05) is 6.61 Å². The van der Waals surface area contributed by atoms with Crippen LogP contribution in [0.2, 0.25) is 0 Å². The summed E-state index contributed by atoms with van der Waals surface area (Å²) in [5.74, 6) is 0.936. The molecule has 0 bridgehead atoms. The number of hydrogen-bond donors (Lipinski definition) is 1. The van der Waals surface area contributed by atoms with Crippen molar-refractivity contribution in [3.63, 3.8) is 0 Å². The Morgan fingerprint density at radius 1 is 1.11 bits per heavy atom. The van der Waals surface area contributed by atoms with Gasteiger partial charge in [-0.25, -0.2) is 0 Å². The highest BCUT2D eigenvalue weighted by molar-refractivity contribution is 5.71. The number of ether oxygens (including phenoxy) is 1. The molecule has 0 aliphatic heterocycles. The summed E-state index contributed by atoms with van der Waals surface area (Å²) in [7, 11) is 0. The maximum atomic E-state index is 5.95. The fraction of sp³-hybridized carbons (Fsp3) is 0.294. The highest BCUT2D eigenvalue weighted by Gasteiger charge is 2.07. The molecule has 2 nitrogen and oxygen atoms in total. The van der Waals surface area contributed by atoms with E-state index in [0.717, 1.165) is 35.5 Å². The molecule has 2 heteroatoms. The minimum atomic E-state index is 0.0451. The van der Waals surface area contributed by atoms with E-state index in [2.05, 4.69) is 31.2 Å². The van der Waals surface area contributed by atoms with Crippen molar-refractivity contribution in [1.82, 2.24) is 0 Å². The standard InChI is InChI=1S/C17H21NO/c1-3-11-19-17-10-5-4-9-16(17)15-8-6-7-14(12-15)13(2)18/h4-10,12-13H,3,11,18H2,1-2H3. The summed E-state index contributed by atoms with van der Waals surface area (Å²) in [5, 5.41) is 0. The van der Waals surface area contributed by atoms with Crippen LogP contribution in [0.15, 0.2) is 48.5 Å². The Kier molecular flexibility index (Phi) is 4.58. The summed E-state index contributed by atoms with van der Waals surface area (Å²) < 4.78 is 5.81. The summed E-state index contributed by atoms with van der Waals surface area (Å²) in [5.41, 5.74) is 9.37. The van der Waals surface area contributed by atoms with Gasteiger partial charge in [-0.2, -0.15) is 0 Å². The lowest BCUT2D eigenvalue weighted by Crippen LogP contribution is -2.04. The van der Waals surface area contributed by atoms with Gasteiger partial charge in [-0.3, -0.25) is 0 Å². The van der Waals surface area contributed by atoms with E-state index in [1.807, 2.05) is 31.2 Å². The molecule has 0 fully saturated rings. The predicted molar refractivity (Wildman–Crippen MR) is 80.3 cm³/mol. The van der Waals surface area contributed by atoms with E-state index in [1.54, 1.807) is 0 Å². The van der Waals surface area contributed by atoms with E-state index in [1.165, 1.54) is 0 Å². The van der Waals surface area contributed by atoms with Gasteiger partial charge >= 0.3 is 0 Å². The molecule has 2 rings (SSSR count). The average Bonchev–Trinajstić information content (AvgIpc) is 2.45. The summed E-state index contributed by atoms with van der Waals surface area (Å²) in [6.45, 7) is 4.85. The maximum Gasteiger partial charge on any atom is 0.127 e. The molecule has 0 aliphatic carbocycles. The van der Waals surface area contributed by atoms with Gasteiger partial charge in [0.05, 0.1) is 6.61 Å². The zero-order chi connectivity index (χ0) is 13.7. The molecule has 2 aromatic carbocycles. The quantitative estimate of drug-likeness (QED) is 0.870. The Hall–Kier alpha value is -1.80. The molecule has 0 amide bonds. The van der Waals surface area contributed by atoms with Crippen LogP contribution in [0.25, 0.3) is 11.1 Å². The van der Waals surface area contributed by atoms with Crippen molar-refractivity contribution in [3.05, 3.63) is 54.1 Å².